The first-order valence-corrected chi connectivity index (χ1v) is 9.53. The number of nitrogens with one attached hydrogen (secondary N) is 1. The van der Waals surface area contributed by atoms with Crippen molar-refractivity contribution >= 4 is 11.9 Å². The number of carbonyl (C=O) groups is 2. The van der Waals surface area contributed by atoms with Gasteiger partial charge in [-0.15, -0.1) is 0 Å². The first-order valence-electron chi connectivity index (χ1n) is 9.53. The normalized spacial score (nSPS) is 36.8. The largest absolute Gasteiger partial charge is 0.456 e. The lowest BCUT2D eigenvalue weighted by Gasteiger charge is -2.60. The molecule has 5 heteroatoms. The lowest BCUT2D eigenvalue weighted by atomic mass is 9.47. The summed E-state index contributed by atoms with van der Waals surface area (Å²) >= 11 is 0. The molecule has 1 amide bonds. The average molecular weight is 337 g/mol. The highest BCUT2D eigenvalue weighted by Gasteiger charge is 2.57. The number of aliphatic hydroxyl groups is 1. The number of rotatable bonds is 7. The Bertz CT molecular complexity index is 486. The van der Waals surface area contributed by atoms with Gasteiger partial charge >= 0.3 is 5.97 Å². The van der Waals surface area contributed by atoms with Crippen LogP contribution >= 0.6 is 0 Å². The third-order valence-electron chi connectivity index (χ3n) is 6.39. The van der Waals surface area contributed by atoms with Gasteiger partial charge in [-0.3, -0.25) is 9.59 Å². The first-order chi connectivity index (χ1) is 11.4. The van der Waals surface area contributed by atoms with Gasteiger partial charge in [-0.25, -0.2) is 0 Å². The van der Waals surface area contributed by atoms with E-state index in [2.05, 4.69) is 5.32 Å². The van der Waals surface area contributed by atoms with Gasteiger partial charge in [-0.2, -0.15) is 0 Å². The van der Waals surface area contributed by atoms with Crippen molar-refractivity contribution in [3.63, 3.8) is 0 Å². The Morgan fingerprint density at radius 2 is 1.79 bits per heavy atom. The Balaban J connectivity index is 1.49. The molecule has 0 aliphatic heterocycles. The molecule has 5 nitrogen and oxygen atoms in total. The average Bonchev–Trinajstić information content (AvgIpc) is 2.47. The van der Waals surface area contributed by atoms with Gasteiger partial charge in [-0.05, 0) is 68.6 Å². The molecule has 0 aromatic heterocycles. The maximum atomic E-state index is 12.3. The van der Waals surface area contributed by atoms with Crippen LogP contribution in [0.25, 0.3) is 0 Å². The molecular weight excluding hydrogens is 306 g/mol. The molecule has 4 aliphatic carbocycles. The van der Waals surface area contributed by atoms with Gasteiger partial charge in [-0.1, -0.05) is 13.8 Å². The van der Waals surface area contributed by atoms with Crippen LogP contribution in [-0.2, 0) is 14.3 Å². The van der Waals surface area contributed by atoms with E-state index in [0.29, 0.717) is 18.3 Å². The van der Waals surface area contributed by atoms with Crippen LogP contribution in [0.1, 0.15) is 71.6 Å². The molecule has 0 radical (unpaired) electrons. The number of amides is 1. The van der Waals surface area contributed by atoms with E-state index in [4.69, 9.17) is 4.74 Å². The van der Waals surface area contributed by atoms with Crippen LogP contribution in [0.3, 0.4) is 0 Å². The second kappa shape index (κ2) is 6.66. The van der Waals surface area contributed by atoms with Crippen molar-refractivity contribution in [2.45, 2.75) is 83.3 Å². The molecule has 4 aliphatic rings. The van der Waals surface area contributed by atoms with Gasteiger partial charge in [0.1, 0.15) is 0 Å². The van der Waals surface area contributed by atoms with E-state index in [9.17, 15) is 14.7 Å². The Morgan fingerprint density at radius 3 is 2.33 bits per heavy atom. The van der Waals surface area contributed by atoms with Crippen molar-refractivity contribution in [3.8, 4) is 0 Å². The lowest BCUT2D eigenvalue weighted by molar-refractivity contribution is -0.177. The Labute approximate surface area is 144 Å². The minimum Gasteiger partial charge on any atom is -0.456 e. The smallest absolute Gasteiger partial charge is 0.306 e. The summed E-state index contributed by atoms with van der Waals surface area (Å²) in [4.78, 5) is 24.1. The zero-order valence-electron chi connectivity index (χ0n) is 15.0. The molecule has 4 bridgehead atoms. The van der Waals surface area contributed by atoms with Gasteiger partial charge in [0.2, 0.25) is 0 Å². The van der Waals surface area contributed by atoms with Crippen molar-refractivity contribution in [1.82, 2.24) is 5.32 Å². The van der Waals surface area contributed by atoms with Crippen molar-refractivity contribution in [3.05, 3.63) is 0 Å². The molecule has 0 spiro atoms. The van der Waals surface area contributed by atoms with Crippen LogP contribution in [0.5, 0.6) is 0 Å². The van der Waals surface area contributed by atoms with E-state index >= 15 is 0 Å². The van der Waals surface area contributed by atoms with E-state index in [0.717, 1.165) is 44.9 Å². The van der Waals surface area contributed by atoms with E-state index < -0.39 is 5.60 Å². The first kappa shape index (κ1) is 17.7. The monoisotopic (exact) mass is 337 g/mol. The predicted octanol–water partition coefficient (Wildman–Crippen LogP) is 2.56. The summed E-state index contributed by atoms with van der Waals surface area (Å²) in [7, 11) is 0. The summed E-state index contributed by atoms with van der Waals surface area (Å²) in [5.74, 6) is 0.603. The fraction of sp³-hybridized carbons (Fsp3) is 0.895. The number of carbonyl (C=O) groups excluding carboxylic acids is 2. The minimum absolute atomic E-state index is 0.0955. The van der Waals surface area contributed by atoms with E-state index in [-0.39, 0.29) is 29.9 Å². The summed E-state index contributed by atoms with van der Waals surface area (Å²) in [5.41, 5.74) is -0.654. The molecule has 0 aromatic carbocycles. The third-order valence-corrected chi connectivity index (χ3v) is 6.39. The van der Waals surface area contributed by atoms with Crippen LogP contribution in [0.2, 0.25) is 0 Å². The highest BCUT2D eigenvalue weighted by Crippen LogP contribution is 2.62. The number of hydrogen-bond acceptors (Lipinski definition) is 4. The second-order valence-corrected chi connectivity index (χ2v) is 8.60. The highest BCUT2D eigenvalue weighted by atomic mass is 16.5. The summed E-state index contributed by atoms with van der Waals surface area (Å²) in [6.45, 7) is 3.86. The number of hydrogen-bond donors (Lipinski definition) is 2. The number of esters is 1. The Morgan fingerprint density at radius 1 is 1.17 bits per heavy atom. The SMILES string of the molecule is CCC(CC)NC(=O)COC(=O)CC12C[C@H]3C[C@@H](CC(O)(C3)C1)C2. The summed E-state index contributed by atoms with van der Waals surface area (Å²) in [6.07, 6.45) is 7.89. The standard InChI is InChI=1S/C19H31NO4/c1-3-15(4-2)20-16(21)11-24-17(22)10-18-6-13-5-14(7-18)9-19(23,8-13)12-18/h13-15,23H,3-12H2,1-2H3,(H,20,21)/t13-,14-,18?,19?/m1/s1. The van der Waals surface area contributed by atoms with E-state index in [1.807, 2.05) is 13.8 Å². The number of ether oxygens (including phenoxy) is 1. The fourth-order valence-corrected chi connectivity index (χ4v) is 5.87. The molecule has 4 rings (SSSR count). The predicted molar refractivity (Wildman–Crippen MR) is 90.2 cm³/mol. The van der Waals surface area contributed by atoms with Gasteiger partial charge in [0.05, 0.1) is 12.0 Å². The van der Waals surface area contributed by atoms with Gasteiger partial charge < -0.3 is 15.2 Å². The molecule has 24 heavy (non-hydrogen) atoms. The molecule has 136 valence electrons. The molecule has 2 atom stereocenters. The zero-order valence-corrected chi connectivity index (χ0v) is 15.0. The van der Waals surface area contributed by atoms with Crippen LogP contribution in [-0.4, -0.2) is 35.2 Å². The van der Waals surface area contributed by atoms with Crippen LogP contribution in [0, 0.1) is 17.3 Å². The maximum Gasteiger partial charge on any atom is 0.306 e. The lowest BCUT2D eigenvalue weighted by Crippen LogP contribution is -2.56. The molecule has 0 saturated heterocycles. The molecule has 4 fully saturated rings. The molecule has 4 saturated carbocycles. The van der Waals surface area contributed by atoms with E-state index in [1.165, 1.54) is 6.42 Å². The topological polar surface area (TPSA) is 75.6 Å². The van der Waals surface area contributed by atoms with Crippen molar-refractivity contribution < 1.29 is 19.4 Å². The van der Waals surface area contributed by atoms with Crippen LogP contribution in [0.4, 0.5) is 0 Å². The Hall–Kier alpha value is -1.10. The minimum atomic E-state index is -0.558. The van der Waals surface area contributed by atoms with Crippen LogP contribution < -0.4 is 5.32 Å². The summed E-state index contributed by atoms with van der Waals surface area (Å²) < 4.78 is 5.23. The quantitative estimate of drug-likeness (QED) is 0.700. The van der Waals surface area contributed by atoms with Crippen molar-refractivity contribution in [2.24, 2.45) is 17.3 Å². The van der Waals surface area contributed by atoms with Gasteiger partial charge in [0.25, 0.3) is 5.91 Å². The zero-order chi connectivity index (χ0) is 17.4. The second-order valence-electron chi connectivity index (χ2n) is 8.60. The fourth-order valence-electron chi connectivity index (χ4n) is 5.87. The van der Waals surface area contributed by atoms with Crippen molar-refractivity contribution in [2.75, 3.05) is 6.61 Å². The summed E-state index contributed by atoms with van der Waals surface area (Å²) in [5, 5.41) is 13.6. The van der Waals surface area contributed by atoms with Gasteiger partial charge in [0, 0.05) is 6.04 Å². The third kappa shape index (κ3) is 3.76. The highest BCUT2D eigenvalue weighted by molar-refractivity contribution is 5.80. The van der Waals surface area contributed by atoms with E-state index in [1.54, 1.807) is 0 Å². The molecule has 0 aromatic rings. The molecular formula is C19H31NO4. The molecule has 2 N–H and O–H groups in total. The molecule has 0 unspecified atom stereocenters. The van der Waals surface area contributed by atoms with Crippen molar-refractivity contribution in [1.29, 1.82) is 0 Å². The maximum absolute atomic E-state index is 12.3. The summed E-state index contributed by atoms with van der Waals surface area (Å²) in [6, 6.07) is 0.147. The van der Waals surface area contributed by atoms with Gasteiger partial charge in [0.15, 0.2) is 6.61 Å². The molecule has 0 heterocycles. The Kier molecular flexibility index (Phi) is 4.92. The van der Waals surface area contributed by atoms with Crippen LogP contribution in [0.15, 0.2) is 0 Å².